The van der Waals surface area contributed by atoms with E-state index in [1.54, 1.807) is 35.4 Å². The fourth-order valence-corrected chi connectivity index (χ4v) is 5.62. The van der Waals surface area contributed by atoms with E-state index >= 15 is 0 Å². The minimum absolute atomic E-state index is 0.175. The molecule has 0 saturated heterocycles. The summed E-state index contributed by atoms with van der Waals surface area (Å²) in [5.74, 6) is -2.32. The van der Waals surface area contributed by atoms with Crippen LogP contribution in [0.5, 0.6) is 0 Å². The van der Waals surface area contributed by atoms with Gasteiger partial charge in [0.2, 0.25) is 5.91 Å². The van der Waals surface area contributed by atoms with E-state index in [2.05, 4.69) is 20.4 Å². The summed E-state index contributed by atoms with van der Waals surface area (Å²) in [5.41, 5.74) is 2.69. The topological polar surface area (TPSA) is 101 Å². The molecule has 0 spiro atoms. The lowest BCUT2D eigenvalue weighted by Crippen LogP contribution is -2.38. The second kappa shape index (κ2) is 12.3. The molecule has 2 bridgehead atoms. The standard InChI is InChI=1S/C31H29ClF2N4O4/c1-17-4-3-5-26(38-13-11-19(15-27(38)39)28-24(33)9-8-23(32)29(28)34)25-14-18(10-12-35-25)21-7-6-20(37-31(41)42-2)16-22(21)30(40)36-17/h6-10,12,14-17,26H,3-5,11,13H2,1-2H3,(H,36,40)(H,37,41)/t17?,26-/m0/s1. The van der Waals surface area contributed by atoms with Crippen LogP contribution in [0.2, 0.25) is 5.02 Å². The van der Waals surface area contributed by atoms with E-state index in [9.17, 15) is 23.2 Å². The van der Waals surface area contributed by atoms with E-state index < -0.39 is 23.8 Å². The van der Waals surface area contributed by atoms with Crippen molar-refractivity contribution in [1.82, 2.24) is 15.2 Å². The number of pyridine rings is 1. The van der Waals surface area contributed by atoms with Crippen LogP contribution < -0.4 is 10.6 Å². The molecule has 5 rings (SSSR count). The third kappa shape index (κ3) is 5.99. The van der Waals surface area contributed by atoms with Crippen molar-refractivity contribution < 1.29 is 27.9 Å². The highest BCUT2D eigenvalue weighted by atomic mass is 35.5. The number of nitrogens with zero attached hydrogens (tertiary/aromatic N) is 2. The van der Waals surface area contributed by atoms with Crippen molar-refractivity contribution in [2.45, 2.75) is 44.7 Å². The first-order chi connectivity index (χ1) is 20.2. The highest BCUT2D eigenvalue weighted by Gasteiger charge is 2.31. The van der Waals surface area contributed by atoms with Crippen molar-refractivity contribution in [1.29, 1.82) is 0 Å². The number of ether oxygens (including phenoxy) is 1. The van der Waals surface area contributed by atoms with Gasteiger partial charge in [-0.2, -0.15) is 0 Å². The molecule has 2 N–H and O–H groups in total. The van der Waals surface area contributed by atoms with Crippen LogP contribution in [-0.2, 0) is 9.53 Å². The highest BCUT2D eigenvalue weighted by molar-refractivity contribution is 6.31. The smallest absolute Gasteiger partial charge is 0.411 e. The monoisotopic (exact) mass is 594 g/mol. The number of nitrogens with one attached hydrogen (secondary N) is 2. The molecular formula is C31H29ClF2N4O4. The van der Waals surface area contributed by atoms with E-state index in [4.69, 9.17) is 11.6 Å². The van der Waals surface area contributed by atoms with E-state index in [1.807, 2.05) is 13.0 Å². The molecule has 0 aliphatic carbocycles. The zero-order chi connectivity index (χ0) is 30.0. The molecule has 0 saturated carbocycles. The van der Waals surface area contributed by atoms with Crippen molar-refractivity contribution in [3.05, 3.63) is 88.2 Å². The Morgan fingerprint density at radius 1 is 1.12 bits per heavy atom. The van der Waals surface area contributed by atoms with Crippen LogP contribution in [-0.4, -0.2) is 47.5 Å². The van der Waals surface area contributed by atoms with E-state index in [-0.39, 0.29) is 47.0 Å². The predicted molar refractivity (Wildman–Crippen MR) is 155 cm³/mol. The molecule has 2 aromatic carbocycles. The average Bonchev–Trinajstić information content (AvgIpc) is 2.97. The van der Waals surface area contributed by atoms with Gasteiger partial charge in [0.05, 0.1) is 29.4 Å². The number of fused-ring (bicyclic) bond motifs is 4. The number of amides is 3. The summed E-state index contributed by atoms with van der Waals surface area (Å²) < 4.78 is 33.9. The van der Waals surface area contributed by atoms with Gasteiger partial charge in [-0.1, -0.05) is 17.7 Å². The summed E-state index contributed by atoms with van der Waals surface area (Å²) in [7, 11) is 1.25. The van der Waals surface area contributed by atoms with Crippen molar-refractivity contribution >= 4 is 40.8 Å². The van der Waals surface area contributed by atoms with Gasteiger partial charge in [-0.05, 0) is 85.7 Å². The van der Waals surface area contributed by atoms with Crippen LogP contribution in [0.3, 0.4) is 0 Å². The molecule has 3 heterocycles. The summed E-state index contributed by atoms with van der Waals surface area (Å²) in [4.78, 5) is 44.8. The van der Waals surface area contributed by atoms with Crippen LogP contribution in [0, 0.1) is 11.6 Å². The minimum Gasteiger partial charge on any atom is -0.453 e. The number of halogens is 3. The normalized spacial score (nSPS) is 19.1. The molecule has 0 fully saturated rings. The number of benzene rings is 2. The molecule has 1 unspecified atom stereocenters. The lowest BCUT2D eigenvalue weighted by Gasteiger charge is -2.34. The number of anilines is 1. The number of carbonyl (C=O) groups is 3. The fourth-order valence-electron chi connectivity index (χ4n) is 5.47. The molecule has 0 radical (unpaired) electrons. The second-order valence-electron chi connectivity index (χ2n) is 10.3. The van der Waals surface area contributed by atoms with Crippen LogP contribution >= 0.6 is 11.6 Å². The third-order valence-electron chi connectivity index (χ3n) is 7.57. The molecule has 2 atom stereocenters. The molecule has 2 aliphatic rings. The number of carbonyl (C=O) groups excluding carboxylic acids is 3. The molecule has 42 heavy (non-hydrogen) atoms. The lowest BCUT2D eigenvalue weighted by atomic mass is 9.92. The van der Waals surface area contributed by atoms with Crippen molar-refractivity contribution in [2.75, 3.05) is 19.0 Å². The summed E-state index contributed by atoms with van der Waals surface area (Å²) in [6.07, 6.45) is 4.36. The first-order valence-corrected chi connectivity index (χ1v) is 13.9. The summed E-state index contributed by atoms with van der Waals surface area (Å²) in [6.45, 7) is 2.14. The Kier molecular flexibility index (Phi) is 8.54. The number of rotatable bonds is 3. The minimum atomic E-state index is -0.885. The molecule has 3 amide bonds. The van der Waals surface area contributed by atoms with Gasteiger partial charge in [0, 0.05) is 36.1 Å². The second-order valence-corrected chi connectivity index (χ2v) is 10.7. The number of hydrogen-bond donors (Lipinski definition) is 2. The van der Waals surface area contributed by atoms with Crippen molar-refractivity contribution in [3.63, 3.8) is 0 Å². The Hall–Kier alpha value is -4.31. The Bertz CT molecular complexity index is 1600. The molecule has 8 nitrogen and oxygen atoms in total. The summed E-state index contributed by atoms with van der Waals surface area (Å²) in [5, 5.41) is 5.41. The lowest BCUT2D eigenvalue weighted by molar-refractivity contribution is -0.129. The maximum atomic E-state index is 14.7. The summed E-state index contributed by atoms with van der Waals surface area (Å²) >= 11 is 5.89. The first-order valence-electron chi connectivity index (χ1n) is 13.6. The largest absolute Gasteiger partial charge is 0.453 e. The van der Waals surface area contributed by atoms with Gasteiger partial charge in [-0.15, -0.1) is 0 Å². The number of hydrogen-bond acceptors (Lipinski definition) is 5. The van der Waals surface area contributed by atoms with Gasteiger partial charge >= 0.3 is 6.09 Å². The fraction of sp³-hybridized carbons (Fsp3) is 0.290. The summed E-state index contributed by atoms with van der Waals surface area (Å²) in [6, 6.07) is 10.3. The maximum Gasteiger partial charge on any atom is 0.411 e. The molecule has 2 aliphatic heterocycles. The Morgan fingerprint density at radius 3 is 2.69 bits per heavy atom. The van der Waals surface area contributed by atoms with Gasteiger partial charge in [0.15, 0.2) is 5.82 Å². The molecule has 218 valence electrons. The maximum absolute atomic E-state index is 14.7. The molecule has 1 aromatic heterocycles. The van der Waals surface area contributed by atoms with Crippen LogP contribution in [0.15, 0.2) is 54.7 Å². The number of methoxy groups -OCH3 is 1. The van der Waals surface area contributed by atoms with Gasteiger partial charge in [0.1, 0.15) is 5.82 Å². The van der Waals surface area contributed by atoms with Gasteiger partial charge in [0.25, 0.3) is 5.91 Å². The average molecular weight is 595 g/mol. The van der Waals surface area contributed by atoms with Crippen LogP contribution in [0.4, 0.5) is 19.3 Å². The highest BCUT2D eigenvalue weighted by Crippen LogP contribution is 2.36. The van der Waals surface area contributed by atoms with Crippen molar-refractivity contribution in [3.8, 4) is 11.1 Å². The third-order valence-corrected chi connectivity index (χ3v) is 7.86. The Morgan fingerprint density at radius 2 is 1.93 bits per heavy atom. The molecule has 3 aromatic rings. The van der Waals surface area contributed by atoms with Gasteiger partial charge in [-0.25, -0.2) is 13.6 Å². The first kappa shape index (κ1) is 29.2. The Labute approximate surface area is 246 Å². The van der Waals surface area contributed by atoms with Crippen molar-refractivity contribution in [2.24, 2.45) is 0 Å². The predicted octanol–water partition coefficient (Wildman–Crippen LogP) is 6.52. The van der Waals surface area contributed by atoms with Crippen LogP contribution in [0.25, 0.3) is 16.7 Å². The quantitative estimate of drug-likeness (QED) is 0.336. The Balaban J connectivity index is 1.53. The number of aromatic nitrogens is 1. The van der Waals surface area contributed by atoms with E-state index in [0.717, 1.165) is 12.1 Å². The van der Waals surface area contributed by atoms with E-state index in [1.165, 1.54) is 13.2 Å². The van der Waals surface area contributed by atoms with Gasteiger partial charge in [-0.3, -0.25) is 19.9 Å². The molecule has 11 heteroatoms. The van der Waals surface area contributed by atoms with Gasteiger partial charge < -0.3 is 15.0 Å². The zero-order valence-electron chi connectivity index (χ0n) is 23.0. The van der Waals surface area contributed by atoms with Crippen LogP contribution in [0.1, 0.15) is 60.3 Å². The molecular weight excluding hydrogens is 566 g/mol. The zero-order valence-corrected chi connectivity index (χ0v) is 23.8. The SMILES string of the molecule is COC(=O)Nc1ccc2c(c1)C(=O)NC(C)CCC[C@H](N1CCC(c3c(F)ccc(Cl)c3F)=CC1=O)c1cc-2ccn1. The van der Waals surface area contributed by atoms with E-state index in [0.29, 0.717) is 47.3 Å².